The first kappa shape index (κ1) is 20.2. The number of carbonyl (C=O) groups is 2. The summed E-state index contributed by atoms with van der Waals surface area (Å²) in [5.74, 6) is -0.321. The molecule has 0 saturated heterocycles. The van der Waals surface area contributed by atoms with Crippen molar-refractivity contribution in [2.24, 2.45) is 0 Å². The van der Waals surface area contributed by atoms with Crippen LogP contribution in [0.25, 0.3) is 0 Å². The zero-order valence-electron chi connectivity index (χ0n) is 17.2. The van der Waals surface area contributed by atoms with Crippen LogP contribution in [0.15, 0.2) is 72.8 Å². The average molecular weight is 417 g/mol. The molecule has 0 radical (unpaired) electrons. The molecule has 4 nitrogen and oxygen atoms in total. The molecule has 3 aromatic carbocycles. The third-order valence-electron chi connectivity index (χ3n) is 5.71. The van der Waals surface area contributed by atoms with Crippen LogP contribution >= 0.6 is 11.6 Å². The summed E-state index contributed by atoms with van der Waals surface area (Å²) in [5, 5.41) is 0.584. The minimum absolute atomic E-state index is 0.156. The Hall–Kier alpha value is -3.05. The molecule has 1 aliphatic heterocycles. The number of hydrogen-bond donors (Lipinski definition) is 0. The highest BCUT2D eigenvalue weighted by molar-refractivity contribution is 6.33. The molecule has 0 aliphatic carbocycles. The molecule has 3 aromatic rings. The molecule has 0 spiro atoms. The van der Waals surface area contributed by atoms with Crippen LogP contribution in [0.3, 0.4) is 0 Å². The van der Waals surface area contributed by atoms with Gasteiger partial charge in [-0.1, -0.05) is 71.7 Å². The molecule has 0 fully saturated rings. The second kappa shape index (κ2) is 8.00. The van der Waals surface area contributed by atoms with E-state index in [0.717, 1.165) is 16.6 Å². The van der Waals surface area contributed by atoms with Crippen molar-refractivity contribution >= 4 is 42.4 Å². The Kier molecular flexibility index (Phi) is 5.40. The van der Waals surface area contributed by atoms with Crippen LogP contribution < -0.4 is 10.4 Å². The van der Waals surface area contributed by atoms with E-state index in [1.54, 1.807) is 29.0 Å². The fourth-order valence-corrected chi connectivity index (χ4v) is 4.16. The van der Waals surface area contributed by atoms with E-state index in [-0.39, 0.29) is 17.9 Å². The van der Waals surface area contributed by atoms with E-state index in [0.29, 0.717) is 16.3 Å². The molecule has 2 amide bonds. The van der Waals surface area contributed by atoms with Crippen molar-refractivity contribution in [1.29, 1.82) is 0 Å². The van der Waals surface area contributed by atoms with E-state index >= 15 is 0 Å². The lowest BCUT2D eigenvalue weighted by Gasteiger charge is -2.35. The molecule has 0 aromatic heterocycles. The van der Waals surface area contributed by atoms with Crippen LogP contribution in [0.1, 0.15) is 40.5 Å². The normalized spacial score (nSPS) is 17.5. The van der Waals surface area contributed by atoms with Gasteiger partial charge >= 0.3 is 0 Å². The van der Waals surface area contributed by atoms with Gasteiger partial charge in [0, 0.05) is 12.1 Å². The number of likely N-dealkylation sites (N-methyl/N-ethyl adjacent to an activating group) is 1. The third kappa shape index (κ3) is 3.50. The summed E-state index contributed by atoms with van der Waals surface area (Å²) in [6.45, 7) is 1.96. The smallest absolute Gasteiger partial charge is 0.257 e. The Bertz CT molecular complexity index is 1100. The first-order valence-corrected chi connectivity index (χ1v) is 10.3. The first-order valence-electron chi connectivity index (χ1n) is 9.90. The summed E-state index contributed by atoms with van der Waals surface area (Å²) in [6.07, 6.45) is 0. The maximum absolute atomic E-state index is 13.9. The van der Waals surface area contributed by atoms with Gasteiger partial charge in [0.2, 0.25) is 0 Å². The molecule has 0 saturated carbocycles. The average Bonchev–Trinajstić information content (AvgIpc) is 2.83. The minimum Gasteiger partial charge on any atom is -0.316 e. The number of nitrogens with zero attached hydrogens (tertiary/aromatic N) is 2. The van der Waals surface area contributed by atoms with Crippen molar-refractivity contribution in [3.63, 3.8) is 0 Å². The SMILES string of the molecule is Bc1ccc2c(c1)C(=O)N(C(C)c1ccccc1)C(c1ccc(Cl)cc1)C(=O)N2C. The van der Waals surface area contributed by atoms with Crippen molar-refractivity contribution < 1.29 is 9.59 Å². The van der Waals surface area contributed by atoms with Crippen LogP contribution in [0.2, 0.25) is 5.02 Å². The van der Waals surface area contributed by atoms with Crippen molar-refractivity contribution in [3.05, 3.63) is 94.5 Å². The second-order valence-corrected chi connectivity index (χ2v) is 8.11. The summed E-state index contributed by atoms with van der Waals surface area (Å²) in [6, 6.07) is 21.5. The number of benzene rings is 3. The van der Waals surface area contributed by atoms with Crippen molar-refractivity contribution in [3.8, 4) is 0 Å². The van der Waals surface area contributed by atoms with Gasteiger partial charge in [-0.3, -0.25) is 9.59 Å². The standard InChI is InChI=1S/C24H22BClN2O2/c1-15(16-6-4-3-5-7-16)28-22(17-8-11-19(26)12-9-17)24(30)27(2)21-13-10-18(25)14-20(21)23(28)29/h3-15,22H,25H2,1-2H3. The zero-order valence-corrected chi connectivity index (χ0v) is 17.9. The first-order chi connectivity index (χ1) is 14.4. The lowest BCUT2D eigenvalue weighted by molar-refractivity contribution is -0.123. The van der Waals surface area contributed by atoms with Crippen molar-refractivity contribution in [2.75, 3.05) is 11.9 Å². The van der Waals surface area contributed by atoms with Crippen LogP contribution in [-0.4, -0.2) is 31.6 Å². The van der Waals surface area contributed by atoms with Gasteiger partial charge in [-0.2, -0.15) is 0 Å². The number of carbonyl (C=O) groups excluding carboxylic acids is 2. The number of fused-ring (bicyclic) bond motifs is 1. The topological polar surface area (TPSA) is 40.6 Å². The summed E-state index contributed by atoms with van der Waals surface area (Å²) in [7, 11) is 3.67. The lowest BCUT2D eigenvalue weighted by atomic mass is 9.92. The Morgan fingerprint density at radius 3 is 2.30 bits per heavy atom. The number of rotatable bonds is 3. The molecule has 2 atom stereocenters. The lowest BCUT2D eigenvalue weighted by Crippen LogP contribution is -2.42. The number of amides is 2. The Morgan fingerprint density at radius 1 is 0.967 bits per heavy atom. The second-order valence-electron chi connectivity index (χ2n) is 7.67. The van der Waals surface area contributed by atoms with Crippen molar-refractivity contribution in [1.82, 2.24) is 4.90 Å². The largest absolute Gasteiger partial charge is 0.316 e. The molecule has 2 unspecified atom stereocenters. The van der Waals surface area contributed by atoms with Gasteiger partial charge in [0.25, 0.3) is 11.8 Å². The molecule has 1 aliphatic rings. The van der Waals surface area contributed by atoms with Gasteiger partial charge < -0.3 is 9.80 Å². The van der Waals surface area contributed by atoms with Crippen LogP contribution in [-0.2, 0) is 4.79 Å². The van der Waals surface area contributed by atoms with Gasteiger partial charge in [0.05, 0.1) is 17.3 Å². The van der Waals surface area contributed by atoms with E-state index in [9.17, 15) is 9.59 Å². The van der Waals surface area contributed by atoms with Crippen LogP contribution in [0.4, 0.5) is 5.69 Å². The highest BCUT2D eigenvalue weighted by Crippen LogP contribution is 2.39. The predicted octanol–water partition coefficient (Wildman–Crippen LogP) is 3.52. The van der Waals surface area contributed by atoms with Crippen LogP contribution in [0, 0.1) is 0 Å². The van der Waals surface area contributed by atoms with Gasteiger partial charge in [-0.05, 0) is 36.2 Å². The highest BCUT2D eigenvalue weighted by Gasteiger charge is 2.41. The number of halogens is 1. The molecule has 1 heterocycles. The maximum Gasteiger partial charge on any atom is 0.257 e. The molecule has 6 heteroatoms. The van der Waals surface area contributed by atoms with E-state index in [1.165, 1.54) is 0 Å². The molecule has 0 bridgehead atoms. The van der Waals surface area contributed by atoms with Gasteiger partial charge in [0.15, 0.2) is 0 Å². The zero-order chi connectivity index (χ0) is 21.4. The molecular weight excluding hydrogens is 395 g/mol. The van der Waals surface area contributed by atoms with Crippen LogP contribution in [0.5, 0.6) is 0 Å². The van der Waals surface area contributed by atoms with E-state index in [1.807, 2.05) is 75.4 Å². The molecule has 4 rings (SSSR count). The van der Waals surface area contributed by atoms with E-state index < -0.39 is 6.04 Å². The third-order valence-corrected chi connectivity index (χ3v) is 5.96. The Morgan fingerprint density at radius 2 is 1.63 bits per heavy atom. The predicted molar refractivity (Wildman–Crippen MR) is 123 cm³/mol. The van der Waals surface area contributed by atoms with Crippen molar-refractivity contribution in [2.45, 2.75) is 19.0 Å². The monoisotopic (exact) mass is 416 g/mol. The van der Waals surface area contributed by atoms with Gasteiger partial charge in [0.1, 0.15) is 13.9 Å². The maximum atomic E-state index is 13.9. The summed E-state index contributed by atoms with van der Waals surface area (Å²) < 4.78 is 0. The molecular formula is C24H22BClN2O2. The molecule has 150 valence electrons. The minimum atomic E-state index is -0.761. The quantitative estimate of drug-likeness (QED) is 0.613. The summed E-state index contributed by atoms with van der Waals surface area (Å²) in [5.41, 5.74) is 3.83. The molecule has 30 heavy (non-hydrogen) atoms. The van der Waals surface area contributed by atoms with E-state index in [2.05, 4.69) is 0 Å². The summed E-state index contributed by atoms with van der Waals surface area (Å²) in [4.78, 5) is 30.8. The summed E-state index contributed by atoms with van der Waals surface area (Å²) >= 11 is 6.09. The fraction of sp³-hybridized carbons (Fsp3) is 0.167. The fourth-order valence-electron chi connectivity index (χ4n) is 4.03. The highest BCUT2D eigenvalue weighted by atomic mass is 35.5. The van der Waals surface area contributed by atoms with Gasteiger partial charge in [-0.25, -0.2) is 0 Å². The molecule has 0 N–H and O–H groups in total. The Labute approximate surface area is 182 Å². The van der Waals surface area contributed by atoms with E-state index in [4.69, 9.17) is 11.6 Å². The Balaban J connectivity index is 1.93. The number of hydrogen-bond acceptors (Lipinski definition) is 2. The number of anilines is 1. The van der Waals surface area contributed by atoms with Gasteiger partial charge in [-0.15, -0.1) is 0 Å².